The van der Waals surface area contributed by atoms with E-state index in [1.165, 1.54) is 37.9 Å². The molecule has 3 rings (SSSR count). The van der Waals surface area contributed by atoms with Crippen molar-refractivity contribution in [3.63, 3.8) is 0 Å². The summed E-state index contributed by atoms with van der Waals surface area (Å²) >= 11 is 2.19. The van der Waals surface area contributed by atoms with Crippen molar-refractivity contribution in [3.05, 3.63) is 18.0 Å². The minimum atomic E-state index is 0.474. The van der Waals surface area contributed by atoms with E-state index in [2.05, 4.69) is 37.2 Å². The van der Waals surface area contributed by atoms with Gasteiger partial charge < -0.3 is 10.2 Å². The van der Waals surface area contributed by atoms with E-state index in [1.807, 2.05) is 13.1 Å². The van der Waals surface area contributed by atoms with Crippen molar-refractivity contribution >= 4 is 17.7 Å². The fourth-order valence-corrected chi connectivity index (χ4v) is 4.98. The van der Waals surface area contributed by atoms with Gasteiger partial charge in [-0.05, 0) is 18.9 Å². The summed E-state index contributed by atoms with van der Waals surface area (Å²) in [6, 6.07) is 2.00. The van der Waals surface area contributed by atoms with Crippen LogP contribution in [0.3, 0.4) is 0 Å². The highest BCUT2D eigenvalue weighted by atomic mass is 32.2. The zero-order valence-electron chi connectivity index (χ0n) is 12.8. The van der Waals surface area contributed by atoms with Crippen LogP contribution in [0.2, 0.25) is 0 Å². The third-order valence-electron chi connectivity index (χ3n) is 4.52. The largest absolute Gasteiger partial charge is 0.351 e. The second-order valence-electron chi connectivity index (χ2n) is 6.00. The summed E-state index contributed by atoms with van der Waals surface area (Å²) in [5.41, 5.74) is 1.09. The number of guanidine groups is 1. The standard InChI is InChI=1S/C15H25N5S/c1-16-14(17-11-13-5-8-18-19-13)20-9-10-21-15(12-20)6-3-2-4-7-15/h5,8H,2-4,6-7,9-12H2,1H3,(H,16,17)(H,18,19). The van der Waals surface area contributed by atoms with Crippen LogP contribution in [-0.2, 0) is 6.54 Å². The lowest BCUT2D eigenvalue weighted by Gasteiger charge is -2.45. The molecule has 21 heavy (non-hydrogen) atoms. The minimum absolute atomic E-state index is 0.474. The Balaban J connectivity index is 1.60. The highest BCUT2D eigenvalue weighted by Gasteiger charge is 2.38. The van der Waals surface area contributed by atoms with Crippen LogP contribution in [0, 0.1) is 0 Å². The van der Waals surface area contributed by atoms with Crippen molar-refractivity contribution in [2.24, 2.45) is 4.99 Å². The van der Waals surface area contributed by atoms with Crippen LogP contribution in [0.15, 0.2) is 17.3 Å². The molecule has 116 valence electrons. The van der Waals surface area contributed by atoms with E-state index in [0.717, 1.165) is 31.3 Å². The summed E-state index contributed by atoms with van der Waals surface area (Å²) in [6.07, 6.45) is 8.71. The molecule has 6 heteroatoms. The predicted octanol–water partition coefficient (Wildman–Crippen LogP) is 2.24. The average molecular weight is 307 g/mol. The second-order valence-corrected chi connectivity index (χ2v) is 7.56. The number of aliphatic imine (C=N–C) groups is 1. The molecule has 0 bridgehead atoms. The van der Waals surface area contributed by atoms with Crippen molar-refractivity contribution in [3.8, 4) is 0 Å². The van der Waals surface area contributed by atoms with Crippen molar-refractivity contribution in [1.29, 1.82) is 0 Å². The number of aromatic amines is 1. The number of aromatic nitrogens is 2. The Morgan fingerprint density at radius 1 is 1.48 bits per heavy atom. The van der Waals surface area contributed by atoms with E-state index in [0.29, 0.717) is 4.75 Å². The summed E-state index contributed by atoms with van der Waals surface area (Å²) in [5, 5.41) is 10.4. The zero-order chi connectivity index (χ0) is 14.5. The number of hydrogen-bond acceptors (Lipinski definition) is 3. The number of H-pyrrole nitrogens is 1. The van der Waals surface area contributed by atoms with Crippen LogP contribution in [0.1, 0.15) is 37.8 Å². The van der Waals surface area contributed by atoms with Gasteiger partial charge in [0.2, 0.25) is 0 Å². The molecule has 1 spiro atoms. The first-order chi connectivity index (χ1) is 10.3. The van der Waals surface area contributed by atoms with E-state index in [1.54, 1.807) is 6.20 Å². The van der Waals surface area contributed by atoms with Gasteiger partial charge in [0.1, 0.15) is 0 Å². The highest BCUT2D eigenvalue weighted by molar-refractivity contribution is 8.00. The van der Waals surface area contributed by atoms with E-state index in [9.17, 15) is 0 Å². The maximum atomic E-state index is 4.48. The molecule has 0 unspecified atom stereocenters. The van der Waals surface area contributed by atoms with Gasteiger partial charge in [-0.15, -0.1) is 0 Å². The molecule has 1 aliphatic heterocycles. The molecule has 1 aliphatic carbocycles. The predicted molar refractivity (Wildman–Crippen MR) is 88.6 cm³/mol. The van der Waals surface area contributed by atoms with Gasteiger partial charge in [-0.25, -0.2) is 0 Å². The highest BCUT2D eigenvalue weighted by Crippen LogP contribution is 2.42. The molecule has 1 saturated heterocycles. The minimum Gasteiger partial charge on any atom is -0.351 e. The summed E-state index contributed by atoms with van der Waals surface area (Å²) in [6.45, 7) is 2.98. The number of thioether (sulfide) groups is 1. The molecule has 2 heterocycles. The van der Waals surface area contributed by atoms with Crippen LogP contribution < -0.4 is 5.32 Å². The Morgan fingerprint density at radius 3 is 3.05 bits per heavy atom. The molecule has 0 amide bonds. The quantitative estimate of drug-likeness (QED) is 0.650. The first-order valence-electron chi connectivity index (χ1n) is 7.89. The molecule has 0 aromatic carbocycles. The zero-order valence-corrected chi connectivity index (χ0v) is 13.6. The van der Waals surface area contributed by atoms with Gasteiger partial charge in [-0.1, -0.05) is 19.3 Å². The number of rotatable bonds is 2. The normalized spacial score (nSPS) is 22.5. The number of nitrogens with zero attached hydrogens (tertiary/aromatic N) is 3. The van der Waals surface area contributed by atoms with Crippen molar-refractivity contribution in [2.45, 2.75) is 43.4 Å². The number of hydrogen-bond donors (Lipinski definition) is 2. The molecule has 0 radical (unpaired) electrons. The van der Waals surface area contributed by atoms with Crippen molar-refractivity contribution in [1.82, 2.24) is 20.4 Å². The van der Waals surface area contributed by atoms with Crippen LogP contribution >= 0.6 is 11.8 Å². The summed E-state index contributed by atoms with van der Waals surface area (Å²) in [7, 11) is 1.88. The fourth-order valence-electron chi connectivity index (χ4n) is 3.41. The second kappa shape index (κ2) is 6.73. The third kappa shape index (κ3) is 3.54. The molecule has 1 saturated carbocycles. The SMILES string of the molecule is CN=C(NCc1ccn[nH]1)N1CCSC2(CCCCC2)C1. The Kier molecular flexibility index (Phi) is 4.73. The fraction of sp³-hybridized carbons (Fsp3) is 0.733. The van der Waals surface area contributed by atoms with Crippen LogP contribution in [0.5, 0.6) is 0 Å². The Bertz CT molecular complexity index is 459. The smallest absolute Gasteiger partial charge is 0.194 e. The van der Waals surface area contributed by atoms with Gasteiger partial charge in [0, 0.05) is 36.8 Å². The molecule has 5 nitrogen and oxygen atoms in total. The Hall–Kier alpha value is -1.17. The molecule has 1 aromatic heterocycles. The van der Waals surface area contributed by atoms with Gasteiger partial charge in [0.25, 0.3) is 0 Å². The van der Waals surface area contributed by atoms with Crippen LogP contribution in [0.25, 0.3) is 0 Å². The Labute approximate surface area is 131 Å². The van der Waals surface area contributed by atoms with Gasteiger partial charge in [-0.3, -0.25) is 10.1 Å². The first kappa shape index (κ1) is 14.8. The molecule has 2 fully saturated rings. The van der Waals surface area contributed by atoms with E-state index in [4.69, 9.17) is 0 Å². The van der Waals surface area contributed by atoms with Gasteiger partial charge in [0.15, 0.2) is 5.96 Å². The maximum absolute atomic E-state index is 4.48. The summed E-state index contributed by atoms with van der Waals surface area (Å²) < 4.78 is 0.474. The summed E-state index contributed by atoms with van der Waals surface area (Å²) in [5.74, 6) is 2.24. The lowest BCUT2D eigenvalue weighted by atomic mass is 9.87. The van der Waals surface area contributed by atoms with E-state index in [-0.39, 0.29) is 0 Å². The third-order valence-corrected chi connectivity index (χ3v) is 6.06. The molecule has 2 aliphatic rings. The maximum Gasteiger partial charge on any atom is 0.194 e. The molecule has 1 aromatic rings. The van der Waals surface area contributed by atoms with Crippen molar-refractivity contribution < 1.29 is 0 Å². The monoisotopic (exact) mass is 307 g/mol. The van der Waals surface area contributed by atoms with Gasteiger partial charge in [0.05, 0.1) is 12.2 Å². The van der Waals surface area contributed by atoms with Crippen molar-refractivity contribution in [2.75, 3.05) is 25.9 Å². The lowest BCUT2D eigenvalue weighted by Crippen LogP contribution is -2.53. The Morgan fingerprint density at radius 2 is 2.33 bits per heavy atom. The molecular weight excluding hydrogens is 282 g/mol. The molecular formula is C15H25N5S. The lowest BCUT2D eigenvalue weighted by molar-refractivity contribution is 0.293. The van der Waals surface area contributed by atoms with Gasteiger partial charge in [-0.2, -0.15) is 16.9 Å². The summed E-state index contributed by atoms with van der Waals surface area (Å²) in [4.78, 5) is 6.92. The first-order valence-corrected chi connectivity index (χ1v) is 8.88. The van der Waals surface area contributed by atoms with Gasteiger partial charge >= 0.3 is 0 Å². The van der Waals surface area contributed by atoms with E-state index < -0.39 is 0 Å². The van der Waals surface area contributed by atoms with E-state index >= 15 is 0 Å². The number of nitrogens with one attached hydrogen (secondary N) is 2. The molecule has 0 atom stereocenters. The van der Waals surface area contributed by atoms with Crippen LogP contribution in [0.4, 0.5) is 0 Å². The average Bonchev–Trinajstić information content (AvgIpc) is 3.02. The molecule has 2 N–H and O–H groups in total. The van der Waals surface area contributed by atoms with Crippen LogP contribution in [-0.4, -0.2) is 51.7 Å². The topological polar surface area (TPSA) is 56.3 Å².